The maximum absolute atomic E-state index is 12.1. The van der Waals surface area contributed by atoms with Crippen LogP contribution in [0, 0.1) is 23.2 Å². The monoisotopic (exact) mass is 404 g/mol. The van der Waals surface area contributed by atoms with Crippen LogP contribution < -0.4 is 0 Å². The molecule has 1 heterocycles. The molecule has 0 radical (unpaired) electrons. The number of ether oxygens (including phenoxy) is 4. The van der Waals surface area contributed by atoms with Gasteiger partial charge < -0.3 is 24.1 Å². The lowest BCUT2D eigenvalue weighted by molar-refractivity contribution is -0.286. The van der Waals surface area contributed by atoms with E-state index in [4.69, 9.17) is 18.9 Å². The van der Waals surface area contributed by atoms with Crippen LogP contribution in [0.2, 0.25) is 0 Å². The van der Waals surface area contributed by atoms with Gasteiger partial charge in [0.25, 0.3) is 0 Å². The first kappa shape index (κ1) is 20.2. The summed E-state index contributed by atoms with van der Waals surface area (Å²) in [5.41, 5.74) is 2.08. The molecule has 0 amide bonds. The average molecular weight is 405 g/mol. The molecule has 0 aromatic heterocycles. The number of aliphatic hydroxyl groups is 1. The fraction of sp³-hybridized carbons (Fsp3) is 0.833. The van der Waals surface area contributed by atoms with E-state index >= 15 is 0 Å². The summed E-state index contributed by atoms with van der Waals surface area (Å²) in [6, 6.07) is 0. The smallest absolute Gasteiger partial charge is 0.195 e. The molecule has 1 N–H and O–H groups in total. The van der Waals surface area contributed by atoms with Crippen LogP contribution in [-0.2, 0) is 18.9 Å². The second-order valence-electron chi connectivity index (χ2n) is 10.1. The van der Waals surface area contributed by atoms with Crippen molar-refractivity contribution in [2.75, 3.05) is 33.5 Å². The zero-order valence-corrected chi connectivity index (χ0v) is 18.0. The predicted molar refractivity (Wildman–Crippen MR) is 109 cm³/mol. The minimum absolute atomic E-state index is 0.166. The Balaban J connectivity index is 1.45. The molecule has 162 valence electrons. The summed E-state index contributed by atoms with van der Waals surface area (Å²) >= 11 is 0. The first-order valence-corrected chi connectivity index (χ1v) is 11.4. The van der Waals surface area contributed by atoms with Gasteiger partial charge in [-0.2, -0.15) is 0 Å². The quantitative estimate of drug-likeness (QED) is 0.573. The van der Waals surface area contributed by atoms with Crippen molar-refractivity contribution in [2.45, 2.75) is 69.4 Å². The van der Waals surface area contributed by atoms with E-state index in [-0.39, 0.29) is 17.4 Å². The predicted octanol–water partition coefficient (Wildman–Crippen LogP) is 3.61. The summed E-state index contributed by atoms with van der Waals surface area (Å²) in [5.74, 6) is 0.540. The number of methoxy groups -OCH3 is 1. The zero-order valence-electron chi connectivity index (χ0n) is 18.0. The van der Waals surface area contributed by atoms with Gasteiger partial charge in [0.1, 0.15) is 6.10 Å². The lowest BCUT2D eigenvalue weighted by Gasteiger charge is -2.58. The van der Waals surface area contributed by atoms with Crippen LogP contribution in [0.1, 0.15) is 51.9 Å². The van der Waals surface area contributed by atoms with Gasteiger partial charge >= 0.3 is 0 Å². The Morgan fingerprint density at radius 3 is 2.72 bits per heavy atom. The van der Waals surface area contributed by atoms with Crippen molar-refractivity contribution in [3.05, 3.63) is 23.8 Å². The van der Waals surface area contributed by atoms with E-state index in [0.29, 0.717) is 51.1 Å². The molecule has 0 aromatic rings. The number of allylic oxidation sites excluding steroid dienone is 2. The summed E-state index contributed by atoms with van der Waals surface area (Å²) in [4.78, 5) is 0. The standard InChI is InChI=1S/C24H36O5/c1-16-4-7-19-18-6-5-17-14-24(28-12-13-29-24)21(27-11-10-26-3)15-23(17,25)20(18)8-9-22(16,19)2/h8,17-19,21,25H,1,4-7,9-15H2,2-3H3/t17-,18-,19-,21?,22+,23-/m0/s1. The molecular weight excluding hydrogens is 368 g/mol. The van der Waals surface area contributed by atoms with E-state index < -0.39 is 11.4 Å². The van der Waals surface area contributed by atoms with Crippen molar-refractivity contribution in [3.63, 3.8) is 0 Å². The molecule has 3 saturated carbocycles. The zero-order chi connectivity index (χ0) is 20.3. The third-order valence-corrected chi connectivity index (χ3v) is 8.92. The normalized spacial score (nSPS) is 45.6. The Morgan fingerprint density at radius 1 is 1.17 bits per heavy atom. The molecule has 5 heteroatoms. The molecule has 5 rings (SSSR count). The Kier molecular flexibility index (Phi) is 4.99. The highest BCUT2D eigenvalue weighted by molar-refractivity contribution is 5.35. The third kappa shape index (κ3) is 2.92. The van der Waals surface area contributed by atoms with Crippen LogP contribution >= 0.6 is 0 Å². The summed E-state index contributed by atoms with van der Waals surface area (Å²) in [6.45, 7) is 9.00. The van der Waals surface area contributed by atoms with E-state index in [1.165, 1.54) is 17.6 Å². The van der Waals surface area contributed by atoms with Gasteiger partial charge in [0.2, 0.25) is 0 Å². The molecule has 1 aliphatic heterocycles. The molecule has 0 aromatic carbocycles. The van der Waals surface area contributed by atoms with Gasteiger partial charge in [0.15, 0.2) is 5.79 Å². The molecule has 1 saturated heterocycles. The lowest BCUT2D eigenvalue weighted by atomic mass is 9.52. The second kappa shape index (κ2) is 7.16. The highest BCUT2D eigenvalue weighted by Gasteiger charge is 2.63. The van der Waals surface area contributed by atoms with Gasteiger partial charge in [-0.1, -0.05) is 25.2 Å². The Morgan fingerprint density at radius 2 is 1.97 bits per heavy atom. The SMILES string of the molecule is C=C1CC[C@H]2[C@@H]3CC[C@H]4CC5(OCCO5)C(OCCOC)C[C@@]4(O)C3=CC[C@]12C. The largest absolute Gasteiger partial charge is 0.385 e. The molecule has 5 aliphatic rings. The molecular formula is C24H36O5. The minimum Gasteiger partial charge on any atom is -0.385 e. The van der Waals surface area contributed by atoms with Crippen LogP contribution in [0.5, 0.6) is 0 Å². The van der Waals surface area contributed by atoms with Crippen LogP contribution in [-0.4, -0.2) is 56.1 Å². The van der Waals surface area contributed by atoms with Crippen LogP contribution in [0.25, 0.3) is 0 Å². The highest BCUT2D eigenvalue weighted by Crippen LogP contribution is 2.63. The van der Waals surface area contributed by atoms with Crippen molar-refractivity contribution >= 4 is 0 Å². The van der Waals surface area contributed by atoms with Crippen molar-refractivity contribution in [1.82, 2.24) is 0 Å². The summed E-state index contributed by atoms with van der Waals surface area (Å²) in [5, 5.41) is 12.1. The average Bonchev–Trinajstić information content (AvgIpc) is 3.28. The second-order valence-corrected chi connectivity index (χ2v) is 10.1. The molecule has 4 fully saturated rings. The highest BCUT2D eigenvalue weighted by atomic mass is 16.8. The number of hydrogen-bond donors (Lipinski definition) is 1. The maximum atomic E-state index is 12.1. The van der Waals surface area contributed by atoms with E-state index in [1.54, 1.807) is 7.11 Å². The molecule has 29 heavy (non-hydrogen) atoms. The molecule has 5 nitrogen and oxygen atoms in total. The number of hydrogen-bond acceptors (Lipinski definition) is 5. The van der Waals surface area contributed by atoms with Gasteiger partial charge in [-0.05, 0) is 60.8 Å². The first-order valence-electron chi connectivity index (χ1n) is 11.4. The molecule has 6 atom stereocenters. The van der Waals surface area contributed by atoms with Crippen molar-refractivity contribution in [1.29, 1.82) is 0 Å². The van der Waals surface area contributed by atoms with Crippen LogP contribution in [0.3, 0.4) is 0 Å². The number of fused-ring (bicyclic) bond motifs is 5. The Hall–Kier alpha value is -0.720. The minimum atomic E-state index is -0.813. The summed E-state index contributed by atoms with van der Waals surface area (Å²) in [6.07, 6.45) is 8.88. The van der Waals surface area contributed by atoms with Crippen molar-refractivity contribution < 1.29 is 24.1 Å². The van der Waals surface area contributed by atoms with Gasteiger partial charge in [0, 0.05) is 20.0 Å². The maximum Gasteiger partial charge on any atom is 0.195 e. The fourth-order valence-electron chi connectivity index (χ4n) is 7.24. The first-order chi connectivity index (χ1) is 13.9. The number of rotatable bonds is 4. The molecule has 4 aliphatic carbocycles. The third-order valence-electron chi connectivity index (χ3n) is 8.92. The van der Waals surface area contributed by atoms with Crippen LogP contribution in [0.4, 0.5) is 0 Å². The van der Waals surface area contributed by atoms with Gasteiger partial charge in [-0.25, -0.2) is 0 Å². The Bertz CT molecular complexity index is 695. The molecule has 1 unspecified atom stereocenters. The van der Waals surface area contributed by atoms with Gasteiger partial charge in [-0.15, -0.1) is 0 Å². The van der Waals surface area contributed by atoms with E-state index in [0.717, 1.165) is 25.7 Å². The van der Waals surface area contributed by atoms with E-state index in [1.807, 2.05) is 0 Å². The molecule has 1 spiro atoms. The Labute approximate surface area is 174 Å². The topological polar surface area (TPSA) is 57.2 Å². The van der Waals surface area contributed by atoms with Crippen molar-refractivity contribution in [2.24, 2.45) is 23.2 Å². The molecule has 0 bridgehead atoms. The summed E-state index contributed by atoms with van der Waals surface area (Å²) in [7, 11) is 1.68. The van der Waals surface area contributed by atoms with Gasteiger partial charge in [-0.3, -0.25) is 0 Å². The van der Waals surface area contributed by atoms with Crippen LogP contribution in [0.15, 0.2) is 23.8 Å². The van der Waals surface area contributed by atoms with E-state index in [9.17, 15) is 5.11 Å². The van der Waals surface area contributed by atoms with E-state index in [2.05, 4.69) is 19.6 Å². The van der Waals surface area contributed by atoms with Crippen molar-refractivity contribution in [3.8, 4) is 0 Å². The fourth-order valence-corrected chi connectivity index (χ4v) is 7.24. The van der Waals surface area contributed by atoms with Gasteiger partial charge in [0.05, 0.1) is 32.0 Å². The summed E-state index contributed by atoms with van der Waals surface area (Å²) < 4.78 is 23.6. The lowest BCUT2D eigenvalue weighted by Crippen LogP contribution is -2.62.